The van der Waals surface area contributed by atoms with Gasteiger partial charge in [0.1, 0.15) is 0 Å². The summed E-state index contributed by atoms with van der Waals surface area (Å²) in [4.78, 5) is 2.65. The van der Waals surface area contributed by atoms with E-state index in [9.17, 15) is 0 Å². The van der Waals surface area contributed by atoms with Crippen molar-refractivity contribution < 1.29 is 0 Å². The molecule has 2 saturated heterocycles. The average molecular weight is 270 g/mol. The van der Waals surface area contributed by atoms with Crippen molar-refractivity contribution in [3.05, 3.63) is 0 Å². The summed E-state index contributed by atoms with van der Waals surface area (Å²) in [7, 11) is 0. The molecule has 0 aromatic heterocycles. The summed E-state index contributed by atoms with van der Waals surface area (Å²) in [5, 5.41) is 4.74. The third kappa shape index (κ3) is 5.10. The van der Waals surface area contributed by atoms with Gasteiger partial charge in [0.05, 0.1) is 0 Å². The molecule has 106 valence electrons. The predicted molar refractivity (Wildman–Crippen MR) is 82.5 cm³/mol. The van der Waals surface area contributed by atoms with E-state index < -0.39 is 0 Å². The Morgan fingerprint density at radius 2 is 2.06 bits per heavy atom. The van der Waals surface area contributed by atoms with Gasteiger partial charge in [-0.2, -0.15) is 11.8 Å². The Morgan fingerprint density at radius 1 is 1.11 bits per heavy atom. The lowest BCUT2D eigenvalue weighted by atomic mass is 10.1. The SMILES string of the molecule is CCCN1CCCC(NCC2CCCCS2)CC1. The number of rotatable bonds is 5. The van der Waals surface area contributed by atoms with Crippen LogP contribution in [0.3, 0.4) is 0 Å². The van der Waals surface area contributed by atoms with Crippen LogP contribution in [0.5, 0.6) is 0 Å². The molecule has 3 heteroatoms. The second-order valence-corrected chi connectivity index (χ2v) is 7.27. The zero-order valence-corrected chi connectivity index (χ0v) is 12.8. The van der Waals surface area contributed by atoms with Crippen LogP contribution in [0.1, 0.15) is 51.9 Å². The van der Waals surface area contributed by atoms with E-state index in [1.54, 1.807) is 0 Å². The van der Waals surface area contributed by atoms with Crippen LogP contribution in [0.2, 0.25) is 0 Å². The Kier molecular flexibility index (Phi) is 6.88. The molecule has 0 saturated carbocycles. The Morgan fingerprint density at radius 3 is 2.83 bits per heavy atom. The van der Waals surface area contributed by atoms with Crippen molar-refractivity contribution in [1.29, 1.82) is 0 Å². The summed E-state index contributed by atoms with van der Waals surface area (Å²) in [5.74, 6) is 1.39. The van der Waals surface area contributed by atoms with Gasteiger partial charge in [0, 0.05) is 17.8 Å². The lowest BCUT2D eigenvalue weighted by molar-refractivity contribution is 0.282. The summed E-state index contributed by atoms with van der Waals surface area (Å²) in [6, 6.07) is 0.786. The van der Waals surface area contributed by atoms with Crippen LogP contribution < -0.4 is 5.32 Å². The van der Waals surface area contributed by atoms with Gasteiger partial charge in [-0.05, 0) is 63.9 Å². The Hall–Kier alpha value is 0.270. The van der Waals surface area contributed by atoms with E-state index >= 15 is 0 Å². The fourth-order valence-corrected chi connectivity index (χ4v) is 4.42. The summed E-state index contributed by atoms with van der Waals surface area (Å²) >= 11 is 2.19. The number of hydrogen-bond donors (Lipinski definition) is 1. The van der Waals surface area contributed by atoms with Crippen LogP contribution in [0.15, 0.2) is 0 Å². The normalized spacial score (nSPS) is 31.2. The number of nitrogens with zero attached hydrogens (tertiary/aromatic N) is 1. The molecule has 0 spiro atoms. The van der Waals surface area contributed by atoms with Gasteiger partial charge in [0.15, 0.2) is 0 Å². The molecule has 2 aliphatic heterocycles. The van der Waals surface area contributed by atoms with Gasteiger partial charge in [0.25, 0.3) is 0 Å². The Labute approximate surface area is 117 Å². The molecule has 18 heavy (non-hydrogen) atoms. The first kappa shape index (κ1) is 14.7. The second-order valence-electron chi connectivity index (χ2n) is 5.87. The maximum absolute atomic E-state index is 3.85. The number of likely N-dealkylation sites (tertiary alicyclic amines) is 1. The quantitative estimate of drug-likeness (QED) is 0.826. The van der Waals surface area contributed by atoms with E-state index in [2.05, 4.69) is 28.9 Å². The topological polar surface area (TPSA) is 15.3 Å². The highest BCUT2D eigenvalue weighted by molar-refractivity contribution is 7.99. The van der Waals surface area contributed by atoms with E-state index in [0.717, 1.165) is 11.3 Å². The first-order valence-corrected chi connectivity index (χ1v) is 9.00. The molecule has 0 bridgehead atoms. The fraction of sp³-hybridized carbons (Fsp3) is 1.00. The Bertz CT molecular complexity index is 217. The van der Waals surface area contributed by atoms with Gasteiger partial charge < -0.3 is 10.2 Å². The van der Waals surface area contributed by atoms with Crippen molar-refractivity contribution in [3.63, 3.8) is 0 Å². The van der Waals surface area contributed by atoms with E-state index in [1.165, 1.54) is 76.9 Å². The van der Waals surface area contributed by atoms with Crippen LogP contribution >= 0.6 is 11.8 Å². The highest BCUT2D eigenvalue weighted by Gasteiger charge is 2.19. The van der Waals surface area contributed by atoms with Crippen LogP contribution in [0.25, 0.3) is 0 Å². The van der Waals surface area contributed by atoms with Crippen molar-refractivity contribution in [2.75, 3.05) is 31.9 Å². The molecule has 2 unspecified atom stereocenters. The number of hydrogen-bond acceptors (Lipinski definition) is 3. The lowest BCUT2D eigenvalue weighted by Gasteiger charge is -2.25. The summed E-state index contributed by atoms with van der Waals surface area (Å²) in [6.45, 7) is 7.47. The van der Waals surface area contributed by atoms with Crippen molar-refractivity contribution in [2.24, 2.45) is 0 Å². The molecular weight excluding hydrogens is 240 g/mol. The van der Waals surface area contributed by atoms with Gasteiger partial charge in [-0.1, -0.05) is 13.3 Å². The maximum atomic E-state index is 3.85. The van der Waals surface area contributed by atoms with E-state index in [1.807, 2.05) is 0 Å². The van der Waals surface area contributed by atoms with Crippen LogP contribution in [0.4, 0.5) is 0 Å². The summed E-state index contributed by atoms with van der Waals surface area (Å²) in [5.41, 5.74) is 0. The van der Waals surface area contributed by atoms with Crippen molar-refractivity contribution in [3.8, 4) is 0 Å². The van der Waals surface area contributed by atoms with Crippen LogP contribution in [0, 0.1) is 0 Å². The molecule has 2 rings (SSSR count). The molecule has 2 heterocycles. The molecule has 0 aliphatic carbocycles. The monoisotopic (exact) mass is 270 g/mol. The number of nitrogens with one attached hydrogen (secondary N) is 1. The van der Waals surface area contributed by atoms with E-state index in [0.29, 0.717) is 0 Å². The third-order valence-electron chi connectivity index (χ3n) is 4.27. The van der Waals surface area contributed by atoms with Crippen molar-refractivity contribution in [1.82, 2.24) is 10.2 Å². The highest BCUT2D eigenvalue weighted by Crippen LogP contribution is 2.24. The minimum Gasteiger partial charge on any atom is -0.313 e. The number of thioether (sulfide) groups is 1. The Balaban J connectivity index is 1.63. The minimum atomic E-state index is 0.786. The zero-order valence-electron chi connectivity index (χ0n) is 12.0. The molecule has 0 radical (unpaired) electrons. The van der Waals surface area contributed by atoms with Gasteiger partial charge in [-0.15, -0.1) is 0 Å². The smallest absolute Gasteiger partial charge is 0.0172 e. The molecule has 2 aliphatic rings. The van der Waals surface area contributed by atoms with Crippen LogP contribution in [-0.2, 0) is 0 Å². The first-order chi connectivity index (χ1) is 8.88. The van der Waals surface area contributed by atoms with Gasteiger partial charge >= 0.3 is 0 Å². The van der Waals surface area contributed by atoms with Crippen molar-refractivity contribution >= 4 is 11.8 Å². The molecule has 0 aromatic rings. The molecule has 2 fully saturated rings. The molecule has 1 N–H and O–H groups in total. The van der Waals surface area contributed by atoms with Gasteiger partial charge in [-0.25, -0.2) is 0 Å². The highest BCUT2D eigenvalue weighted by atomic mass is 32.2. The summed E-state index contributed by atoms with van der Waals surface area (Å²) < 4.78 is 0. The molecular formula is C15H30N2S. The average Bonchev–Trinajstić information content (AvgIpc) is 2.64. The largest absolute Gasteiger partial charge is 0.313 e. The van der Waals surface area contributed by atoms with Crippen LogP contribution in [-0.4, -0.2) is 48.1 Å². The zero-order chi connectivity index (χ0) is 12.6. The van der Waals surface area contributed by atoms with Gasteiger partial charge in [-0.3, -0.25) is 0 Å². The van der Waals surface area contributed by atoms with Crippen molar-refractivity contribution in [2.45, 2.75) is 63.2 Å². The standard InChI is InChI=1S/C15H30N2S/c1-2-9-17-10-5-6-14(8-11-17)16-13-15-7-3-4-12-18-15/h14-16H,2-13H2,1H3. The van der Waals surface area contributed by atoms with Gasteiger partial charge in [0.2, 0.25) is 0 Å². The molecule has 2 atom stereocenters. The van der Waals surface area contributed by atoms with E-state index in [-0.39, 0.29) is 0 Å². The predicted octanol–water partition coefficient (Wildman–Crippen LogP) is 3.13. The fourth-order valence-electron chi connectivity index (χ4n) is 3.17. The lowest BCUT2D eigenvalue weighted by Crippen LogP contribution is -2.36. The second kappa shape index (κ2) is 8.44. The molecule has 0 aromatic carbocycles. The first-order valence-electron chi connectivity index (χ1n) is 7.96. The molecule has 2 nitrogen and oxygen atoms in total. The summed E-state index contributed by atoms with van der Waals surface area (Å²) in [6.07, 6.45) is 9.76. The van der Waals surface area contributed by atoms with E-state index in [4.69, 9.17) is 0 Å². The maximum Gasteiger partial charge on any atom is 0.0172 e. The molecule has 0 amide bonds. The third-order valence-corrected chi connectivity index (χ3v) is 5.67. The minimum absolute atomic E-state index is 0.786.